The van der Waals surface area contributed by atoms with Crippen molar-refractivity contribution < 1.29 is 19.4 Å². The van der Waals surface area contributed by atoms with E-state index in [1.54, 1.807) is 48.5 Å². The van der Waals surface area contributed by atoms with Crippen molar-refractivity contribution in [1.82, 2.24) is 9.80 Å². The van der Waals surface area contributed by atoms with Gasteiger partial charge in [0.2, 0.25) is 0 Å². The van der Waals surface area contributed by atoms with E-state index in [2.05, 4.69) is 0 Å². The molecule has 1 unspecified atom stereocenters. The average Bonchev–Trinajstić information content (AvgIpc) is 3.13. The molecule has 1 N–H and O–H groups in total. The van der Waals surface area contributed by atoms with Crippen molar-refractivity contribution in [2.45, 2.75) is 19.1 Å². The van der Waals surface area contributed by atoms with Crippen LogP contribution in [0.2, 0.25) is 5.02 Å². The number of nitrogens with zero attached hydrogens (tertiary/aromatic N) is 2. The number of hydrogen-bond donors (Lipinski definition) is 1. The van der Waals surface area contributed by atoms with Crippen LogP contribution in [-0.2, 0) is 16.2 Å². The maximum Gasteiger partial charge on any atom is 0.295 e. The van der Waals surface area contributed by atoms with Gasteiger partial charge in [0.1, 0.15) is 18.1 Å². The van der Waals surface area contributed by atoms with E-state index in [0.717, 1.165) is 12.1 Å². The van der Waals surface area contributed by atoms with Gasteiger partial charge in [0.05, 0.1) is 11.6 Å². The Hall–Kier alpha value is -3.61. The van der Waals surface area contributed by atoms with Gasteiger partial charge in [-0.3, -0.25) is 9.59 Å². The first-order valence-corrected chi connectivity index (χ1v) is 12.2. The molecule has 4 rings (SSSR count). The summed E-state index contributed by atoms with van der Waals surface area (Å²) in [6.45, 7) is 1.57. The van der Waals surface area contributed by atoms with Crippen LogP contribution in [-0.4, -0.2) is 53.8 Å². The lowest BCUT2D eigenvalue weighted by Crippen LogP contribution is -2.32. The van der Waals surface area contributed by atoms with Gasteiger partial charge in [-0.25, -0.2) is 0 Å². The first kappa shape index (κ1) is 25.5. The number of carbonyl (C=O) groups excluding carboxylic acids is 2. The highest BCUT2D eigenvalue weighted by Gasteiger charge is 2.45. The largest absolute Gasteiger partial charge is 0.507 e. The number of halogens is 1. The van der Waals surface area contributed by atoms with E-state index >= 15 is 0 Å². The fourth-order valence-electron chi connectivity index (χ4n) is 4.26. The Labute approximate surface area is 216 Å². The topological polar surface area (TPSA) is 70.1 Å². The fraction of sp³-hybridized carbons (Fsp3) is 0.241. The Morgan fingerprint density at radius 2 is 1.64 bits per heavy atom. The van der Waals surface area contributed by atoms with Gasteiger partial charge in [-0.1, -0.05) is 54.1 Å². The molecule has 1 heterocycles. The van der Waals surface area contributed by atoms with Crippen LogP contribution in [0.15, 0.2) is 84.4 Å². The van der Waals surface area contributed by atoms with Crippen molar-refractivity contribution >= 4 is 29.1 Å². The maximum atomic E-state index is 13.1. The van der Waals surface area contributed by atoms with Gasteiger partial charge >= 0.3 is 0 Å². The molecule has 0 bridgehead atoms. The van der Waals surface area contributed by atoms with Gasteiger partial charge in [0, 0.05) is 17.1 Å². The van der Waals surface area contributed by atoms with E-state index in [4.69, 9.17) is 16.3 Å². The minimum absolute atomic E-state index is 0.0742. The molecule has 0 radical (unpaired) electrons. The number of ketones is 1. The number of aliphatic hydroxyl groups excluding tert-OH is 1. The fourth-order valence-corrected chi connectivity index (χ4v) is 4.39. The summed E-state index contributed by atoms with van der Waals surface area (Å²) in [7, 11) is 3.91. The average molecular weight is 505 g/mol. The Balaban J connectivity index is 1.63. The van der Waals surface area contributed by atoms with Crippen molar-refractivity contribution in [3.63, 3.8) is 0 Å². The first-order chi connectivity index (χ1) is 17.3. The Morgan fingerprint density at radius 1 is 0.972 bits per heavy atom. The quantitative estimate of drug-likeness (QED) is 0.243. The van der Waals surface area contributed by atoms with Crippen molar-refractivity contribution in [1.29, 1.82) is 0 Å². The number of likely N-dealkylation sites (tertiary alicyclic amines) is 1. The van der Waals surface area contributed by atoms with E-state index in [0.29, 0.717) is 41.5 Å². The van der Waals surface area contributed by atoms with E-state index in [1.165, 1.54) is 4.90 Å². The zero-order chi connectivity index (χ0) is 25.7. The lowest BCUT2D eigenvalue weighted by atomic mass is 9.95. The number of aliphatic hydroxyl groups is 1. The molecule has 0 saturated carbocycles. The summed E-state index contributed by atoms with van der Waals surface area (Å²) in [5.74, 6) is -0.883. The highest BCUT2D eigenvalue weighted by Crippen LogP contribution is 2.40. The van der Waals surface area contributed by atoms with E-state index in [-0.39, 0.29) is 11.3 Å². The molecule has 0 spiro atoms. The van der Waals surface area contributed by atoms with Crippen LogP contribution in [0.1, 0.15) is 29.2 Å². The minimum Gasteiger partial charge on any atom is -0.507 e. The van der Waals surface area contributed by atoms with Gasteiger partial charge in [0.25, 0.3) is 11.7 Å². The number of benzene rings is 3. The van der Waals surface area contributed by atoms with Crippen molar-refractivity contribution in [2.75, 3.05) is 27.2 Å². The molecule has 1 aliphatic rings. The summed E-state index contributed by atoms with van der Waals surface area (Å²) in [4.78, 5) is 29.7. The zero-order valence-corrected chi connectivity index (χ0v) is 21.1. The molecule has 1 aliphatic heterocycles. The van der Waals surface area contributed by atoms with Gasteiger partial charge < -0.3 is 19.6 Å². The number of Topliss-reactive ketones (excluding diaryl/α,β-unsaturated/α-hetero) is 1. The summed E-state index contributed by atoms with van der Waals surface area (Å²) >= 11 is 6.08. The predicted molar refractivity (Wildman–Crippen MR) is 141 cm³/mol. The Kier molecular flexibility index (Phi) is 8.08. The van der Waals surface area contributed by atoms with Gasteiger partial charge in [-0.15, -0.1) is 0 Å². The molecule has 0 aromatic heterocycles. The molecule has 186 valence electrons. The number of carbonyl (C=O) groups is 2. The summed E-state index contributed by atoms with van der Waals surface area (Å²) in [6, 6.07) is 23.0. The number of amides is 1. The third-order valence-corrected chi connectivity index (χ3v) is 6.36. The van der Waals surface area contributed by atoms with Gasteiger partial charge in [-0.05, 0) is 74.6 Å². The van der Waals surface area contributed by atoms with Crippen molar-refractivity contribution in [3.05, 3.63) is 106 Å². The SMILES string of the molecule is CN(C)CCCN1C(=O)C(=O)/C(=C(\O)c2ccc(OCc3ccccc3)cc2)C1c1ccc(Cl)cc1. The summed E-state index contributed by atoms with van der Waals surface area (Å²) in [5, 5.41) is 11.8. The first-order valence-electron chi connectivity index (χ1n) is 11.8. The van der Waals surface area contributed by atoms with Crippen LogP contribution in [0, 0.1) is 0 Å². The highest BCUT2D eigenvalue weighted by molar-refractivity contribution is 6.46. The van der Waals surface area contributed by atoms with Crippen LogP contribution in [0.4, 0.5) is 0 Å². The van der Waals surface area contributed by atoms with Crippen molar-refractivity contribution in [3.8, 4) is 5.75 Å². The molecule has 1 fully saturated rings. The highest BCUT2D eigenvalue weighted by atomic mass is 35.5. The zero-order valence-electron chi connectivity index (χ0n) is 20.4. The molecule has 1 saturated heterocycles. The molecule has 1 amide bonds. The second-order valence-electron chi connectivity index (χ2n) is 9.00. The molecule has 0 aliphatic carbocycles. The Bertz CT molecular complexity index is 1240. The third kappa shape index (κ3) is 5.78. The smallest absolute Gasteiger partial charge is 0.295 e. The lowest BCUT2D eigenvalue weighted by Gasteiger charge is -2.26. The van der Waals surface area contributed by atoms with Crippen LogP contribution >= 0.6 is 11.6 Å². The molecule has 3 aromatic carbocycles. The third-order valence-electron chi connectivity index (χ3n) is 6.11. The predicted octanol–water partition coefficient (Wildman–Crippen LogP) is 5.29. The molecular weight excluding hydrogens is 476 g/mol. The van der Waals surface area contributed by atoms with E-state index < -0.39 is 17.7 Å². The summed E-state index contributed by atoms with van der Waals surface area (Å²) in [5.41, 5.74) is 2.27. The Morgan fingerprint density at radius 3 is 2.28 bits per heavy atom. The molecule has 7 heteroatoms. The van der Waals surface area contributed by atoms with Gasteiger partial charge in [0.15, 0.2) is 0 Å². The maximum absolute atomic E-state index is 13.1. The standard InChI is InChI=1S/C29H29ClN2O4/c1-31(2)17-6-18-32-26(21-9-13-23(30)14-10-21)25(28(34)29(32)35)27(33)22-11-15-24(16-12-22)36-19-20-7-4-3-5-8-20/h3-5,7-16,26,33H,6,17-19H2,1-2H3/b27-25-. The second kappa shape index (κ2) is 11.4. The van der Waals surface area contributed by atoms with Crippen LogP contribution in [0.5, 0.6) is 5.75 Å². The monoisotopic (exact) mass is 504 g/mol. The van der Waals surface area contributed by atoms with E-state index in [9.17, 15) is 14.7 Å². The van der Waals surface area contributed by atoms with E-state index in [1.807, 2.05) is 49.3 Å². The van der Waals surface area contributed by atoms with Crippen molar-refractivity contribution in [2.24, 2.45) is 0 Å². The lowest BCUT2D eigenvalue weighted by molar-refractivity contribution is -0.139. The second-order valence-corrected chi connectivity index (χ2v) is 9.44. The molecule has 6 nitrogen and oxygen atoms in total. The summed E-state index contributed by atoms with van der Waals surface area (Å²) < 4.78 is 5.83. The normalized spacial score (nSPS) is 17.1. The molecule has 1 atom stereocenters. The van der Waals surface area contributed by atoms with Gasteiger partial charge in [-0.2, -0.15) is 0 Å². The minimum atomic E-state index is -0.696. The van der Waals surface area contributed by atoms with Crippen LogP contribution < -0.4 is 4.74 Å². The summed E-state index contributed by atoms with van der Waals surface area (Å²) in [6.07, 6.45) is 0.692. The number of hydrogen-bond acceptors (Lipinski definition) is 5. The molecular formula is C29H29ClN2O4. The van der Waals surface area contributed by atoms with Crippen LogP contribution in [0.3, 0.4) is 0 Å². The van der Waals surface area contributed by atoms with Crippen LogP contribution in [0.25, 0.3) is 5.76 Å². The molecule has 36 heavy (non-hydrogen) atoms. The number of rotatable bonds is 9. The number of ether oxygens (including phenoxy) is 1. The molecule has 3 aromatic rings.